The molecule has 3 saturated heterocycles. The Hall–Kier alpha value is -2.61. The quantitative estimate of drug-likeness (QED) is 0.608. The largest absolute Gasteiger partial charge is 0.493 e. The van der Waals surface area contributed by atoms with Crippen LogP contribution >= 0.6 is 0 Å². The summed E-state index contributed by atoms with van der Waals surface area (Å²) in [6.45, 7) is 6.74. The maximum atomic E-state index is 13.0. The second-order valence-corrected chi connectivity index (χ2v) is 9.61. The Kier molecular flexibility index (Phi) is 8.79. The molecule has 3 aliphatic heterocycles. The predicted octanol–water partition coefficient (Wildman–Crippen LogP) is 1.85. The molecular formula is C26H38N4O4. The molecule has 3 fully saturated rings. The van der Waals surface area contributed by atoms with Crippen molar-refractivity contribution in [2.45, 2.75) is 38.5 Å². The van der Waals surface area contributed by atoms with E-state index in [0.29, 0.717) is 45.8 Å². The first kappa shape index (κ1) is 24.5. The molecule has 4 rings (SSSR count). The highest BCUT2D eigenvalue weighted by Crippen LogP contribution is 2.21. The molecule has 0 aromatic heterocycles. The molecule has 0 radical (unpaired) electrons. The summed E-state index contributed by atoms with van der Waals surface area (Å²) in [6.07, 6.45) is 5.24. The summed E-state index contributed by atoms with van der Waals surface area (Å²) in [6, 6.07) is 9.52. The molecule has 0 aliphatic carbocycles. The number of amides is 3. The molecule has 3 amide bonds. The van der Waals surface area contributed by atoms with Gasteiger partial charge < -0.3 is 19.4 Å². The fourth-order valence-electron chi connectivity index (χ4n) is 5.13. The van der Waals surface area contributed by atoms with Crippen molar-refractivity contribution < 1.29 is 19.1 Å². The van der Waals surface area contributed by atoms with Crippen molar-refractivity contribution in [1.82, 2.24) is 19.6 Å². The van der Waals surface area contributed by atoms with E-state index in [-0.39, 0.29) is 23.6 Å². The van der Waals surface area contributed by atoms with Crippen LogP contribution in [0, 0.1) is 5.92 Å². The number of hydrogen-bond acceptors (Lipinski definition) is 5. The van der Waals surface area contributed by atoms with E-state index in [1.54, 1.807) is 0 Å². The molecule has 186 valence electrons. The number of para-hydroxylation sites is 1. The molecule has 0 N–H and O–H groups in total. The number of likely N-dealkylation sites (tertiary alicyclic amines) is 2. The zero-order chi connectivity index (χ0) is 23.8. The van der Waals surface area contributed by atoms with Crippen LogP contribution in [0.2, 0.25) is 0 Å². The third kappa shape index (κ3) is 6.72. The van der Waals surface area contributed by atoms with Crippen LogP contribution in [-0.2, 0) is 14.4 Å². The van der Waals surface area contributed by atoms with Gasteiger partial charge >= 0.3 is 0 Å². The molecule has 0 atom stereocenters. The van der Waals surface area contributed by atoms with Crippen molar-refractivity contribution in [2.24, 2.45) is 5.92 Å². The Morgan fingerprint density at radius 3 is 2.06 bits per heavy atom. The van der Waals surface area contributed by atoms with E-state index in [9.17, 15) is 14.4 Å². The highest BCUT2D eigenvalue weighted by atomic mass is 16.5. The zero-order valence-corrected chi connectivity index (χ0v) is 20.2. The normalized spacial score (nSPS) is 20.3. The number of rotatable bonds is 7. The first-order chi connectivity index (χ1) is 16.6. The second kappa shape index (κ2) is 12.2. The standard InChI is InChI=1S/C26H38N4O4/c31-24(11-20-34-23-7-3-1-4-8-23)29-14-9-22(10-15-29)26(33)30-18-16-27(17-19-30)21-25(32)28-12-5-2-6-13-28/h1,3-4,7-8,22H,2,5-6,9-21H2. The van der Waals surface area contributed by atoms with Crippen LogP contribution in [-0.4, -0.2) is 103 Å². The Morgan fingerprint density at radius 1 is 0.735 bits per heavy atom. The van der Waals surface area contributed by atoms with Gasteiger partial charge in [-0.3, -0.25) is 19.3 Å². The third-order valence-electron chi connectivity index (χ3n) is 7.28. The molecule has 1 aromatic carbocycles. The van der Waals surface area contributed by atoms with E-state index < -0.39 is 0 Å². The summed E-state index contributed by atoms with van der Waals surface area (Å²) < 4.78 is 5.64. The van der Waals surface area contributed by atoms with Gasteiger partial charge in [0.05, 0.1) is 19.6 Å². The lowest BCUT2D eigenvalue weighted by Crippen LogP contribution is -2.54. The minimum atomic E-state index is -0.00819. The second-order valence-electron chi connectivity index (χ2n) is 9.61. The summed E-state index contributed by atoms with van der Waals surface area (Å²) in [7, 11) is 0. The van der Waals surface area contributed by atoms with Gasteiger partial charge in [-0.05, 0) is 44.2 Å². The molecule has 8 nitrogen and oxygen atoms in total. The maximum absolute atomic E-state index is 13.0. The molecular weight excluding hydrogens is 432 g/mol. The van der Waals surface area contributed by atoms with Crippen molar-refractivity contribution >= 4 is 17.7 Å². The van der Waals surface area contributed by atoms with Crippen LogP contribution in [0.15, 0.2) is 30.3 Å². The number of piperazine rings is 1. The van der Waals surface area contributed by atoms with E-state index in [1.807, 2.05) is 45.0 Å². The van der Waals surface area contributed by atoms with Crippen molar-refractivity contribution in [2.75, 3.05) is 65.5 Å². The highest BCUT2D eigenvalue weighted by Gasteiger charge is 2.32. The Labute approximate surface area is 202 Å². The van der Waals surface area contributed by atoms with E-state index in [2.05, 4.69) is 4.90 Å². The average molecular weight is 471 g/mol. The number of ether oxygens (including phenoxy) is 1. The molecule has 1 aromatic rings. The van der Waals surface area contributed by atoms with Crippen LogP contribution < -0.4 is 4.74 Å². The minimum absolute atomic E-state index is 0.00819. The zero-order valence-electron chi connectivity index (χ0n) is 20.2. The lowest BCUT2D eigenvalue weighted by atomic mass is 9.94. The summed E-state index contributed by atoms with van der Waals surface area (Å²) in [5, 5.41) is 0. The number of carbonyl (C=O) groups excluding carboxylic acids is 3. The van der Waals surface area contributed by atoms with Crippen molar-refractivity contribution in [3.63, 3.8) is 0 Å². The predicted molar refractivity (Wildman–Crippen MR) is 129 cm³/mol. The summed E-state index contributed by atoms with van der Waals surface area (Å²) in [4.78, 5) is 46.1. The van der Waals surface area contributed by atoms with Gasteiger partial charge in [0.2, 0.25) is 17.7 Å². The van der Waals surface area contributed by atoms with Crippen LogP contribution in [0.1, 0.15) is 38.5 Å². The van der Waals surface area contributed by atoms with Gasteiger partial charge in [-0.2, -0.15) is 0 Å². The van der Waals surface area contributed by atoms with Gasteiger partial charge in [0.1, 0.15) is 5.75 Å². The van der Waals surface area contributed by atoms with E-state index in [4.69, 9.17) is 4.74 Å². The Morgan fingerprint density at radius 2 is 1.38 bits per heavy atom. The number of benzene rings is 1. The van der Waals surface area contributed by atoms with Crippen LogP contribution in [0.4, 0.5) is 0 Å². The summed E-state index contributed by atoms with van der Waals surface area (Å²) in [5.41, 5.74) is 0. The molecule has 0 unspecified atom stereocenters. The summed E-state index contributed by atoms with van der Waals surface area (Å²) in [5.74, 6) is 1.29. The SMILES string of the molecule is O=C(CCOc1ccccc1)N1CCC(C(=O)N2CCN(CC(=O)N3CCCCC3)CC2)CC1. The third-order valence-corrected chi connectivity index (χ3v) is 7.28. The van der Waals surface area contributed by atoms with E-state index >= 15 is 0 Å². The number of hydrogen-bond donors (Lipinski definition) is 0. The molecule has 0 saturated carbocycles. The van der Waals surface area contributed by atoms with E-state index in [1.165, 1.54) is 6.42 Å². The first-order valence-corrected chi connectivity index (χ1v) is 12.8. The number of nitrogens with zero attached hydrogens (tertiary/aromatic N) is 4. The smallest absolute Gasteiger partial charge is 0.236 e. The van der Waals surface area contributed by atoms with Gasteiger partial charge in [-0.15, -0.1) is 0 Å². The number of carbonyl (C=O) groups is 3. The summed E-state index contributed by atoms with van der Waals surface area (Å²) >= 11 is 0. The average Bonchev–Trinajstić information content (AvgIpc) is 2.90. The van der Waals surface area contributed by atoms with Gasteiger partial charge in [0.15, 0.2) is 0 Å². The Bertz CT molecular complexity index is 811. The lowest BCUT2D eigenvalue weighted by Gasteiger charge is -2.39. The molecule has 0 spiro atoms. The minimum Gasteiger partial charge on any atom is -0.493 e. The van der Waals surface area contributed by atoms with Crippen molar-refractivity contribution in [1.29, 1.82) is 0 Å². The van der Waals surface area contributed by atoms with Crippen LogP contribution in [0.3, 0.4) is 0 Å². The van der Waals surface area contributed by atoms with E-state index in [0.717, 1.165) is 57.6 Å². The first-order valence-electron chi connectivity index (χ1n) is 12.8. The Balaban J connectivity index is 1.13. The van der Waals surface area contributed by atoms with Crippen molar-refractivity contribution in [3.05, 3.63) is 30.3 Å². The molecule has 8 heteroatoms. The number of piperidine rings is 2. The van der Waals surface area contributed by atoms with Gasteiger partial charge in [0, 0.05) is 58.3 Å². The lowest BCUT2D eigenvalue weighted by molar-refractivity contribution is -0.142. The molecule has 0 bridgehead atoms. The topological polar surface area (TPSA) is 73.4 Å². The van der Waals surface area contributed by atoms with Gasteiger partial charge in [0.25, 0.3) is 0 Å². The van der Waals surface area contributed by atoms with Crippen LogP contribution in [0.25, 0.3) is 0 Å². The fraction of sp³-hybridized carbons (Fsp3) is 0.654. The molecule has 34 heavy (non-hydrogen) atoms. The fourth-order valence-corrected chi connectivity index (χ4v) is 5.13. The molecule has 3 aliphatic rings. The van der Waals surface area contributed by atoms with Gasteiger partial charge in [-0.1, -0.05) is 18.2 Å². The highest BCUT2D eigenvalue weighted by molar-refractivity contribution is 5.81. The van der Waals surface area contributed by atoms with Crippen molar-refractivity contribution in [3.8, 4) is 5.75 Å². The molecule has 3 heterocycles. The van der Waals surface area contributed by atoms with Crippen LogP contribution in [0.5, 0.6) is 5.75 Å². The van der Waals surface area contributed by atoms with Gasteiger partial charge in [-0.25, -0.2) is 0 Å². The monoisotopic (exact) mass is 470 g/mol. The maximum Gasteiger partial charge on any atom is 0.236 e.